The maximum Gasteiger partial charge on any atom is 0.136 e. The van der Waals surface area contributed by atoms with Crippen molar-refractivity contribution < 1.29 is 5.11 Å². The number of aliphatic hydroxyl groups is 1. The van der Waals surface area contributed by atoms with Crippen LogP contribution in [0, 0.1) is 5.92 Å². The Morgan fingerprint density at radius 2 is 2.06 bits per heavy atom. The number of aromatic nitrogens is 1. The Morgan fingerprint density at radius 1 is 1.28 bits per heavy atom. The molecule has 2 aromatic rings. The minimum absolute atomic E-state index is 0.0797. The van der Waals surface area contributed by atoms with Crippen molar-refractivity contribution in [1.29, 1.82) is 0 Å². The average Bonchev–Trinajstić information content (AvgIpc) is 2.36. The van der Waals surface area contributed by atoms with Gasteiger partial charge in [0.1, 0.15) is 5.82 Å². The van der Waals surface area contributed by atoms with Gasteiger partial charge in [-0.15, -0.1) is 0 Å². The summed E-state index contributed by atoms with van der Waals surface area (Å²) in [5, 5.41) is 11.8. The quantitative estimate of drug-likeness (QED) is 0.898. The van der Waals surface area contributed by atoms with E-state index in [4.69, 9.17) is 0 Å². The topological polar surface area (TPSA) is 36.4 Å². The van der Waals surface area contributed by atoms with Crippen molar-refractivity contribution in [3.05, 3.63) is 36.5 Å². The number of hydrogen-bond donors (Lipinski definition) is 1. The lowest BCUT2D eigenvalue weighted by Crippen LogP contribution is -2.37. The van der Waals surface area contributed by atoms with Crippen molar-refractivity contribution in [2.75, 3.05) is 18.5 Å². The first-order valence-corrected chi connectivity index (χ1v) is 6.47. The predicted molar refractivity (Wildman–Crippen MR) is 73.7 cm³/mol. The van der Waals surface area contributed by atoms with Crippen LogP contribution < -0.4 is 4.90 Å². The molecule has 1 aromatic heterocycles. The fraction of sp³-hybridized carbons (Fsp3) is 0.400. The molecule has 18 heavy (non-hydrogen) atoms. The van der Waals surface area contributed by atoms with Gasteiger partial charge in [0.2, 0.25) is 0 Å². The summed E-state index contributed by atoms with van der Waals surface area (Å²) in [6.07, 6.45) is 3.64. The van der Waals surface area contributed by atoms with Gasteiger partial charge in [-0.3, -0.25) is 0 Å². The van der Waals surface area contributed by atoms with Crippen molar-refractivity contribution in [3.63, 3.8) is 0 Å². The summed E-state index contributed by atoms with van der Waals surface area (Å²) < 4.78 is 0. The molecule has 1 aromatic carbocycles. The van der Waals surface area contributed by atoms with Crippen LogP contribution in [-0.4, -0.2) is 29.8 Å². The number of fused-ring (bicyclic) bond motifs is 1. The molecule has 3 heteroatoms. The summed E-state index contributed by atoms with van der Waals surface area (Å²) >= 11 is 0. The van der Waals surface area contributed by atoms with Crippen molar-refractivity contribution in [2.24, 2.45) is 5.92 Å². The van der Waals surface area contributed by atoms with Crippen LogP contribution >= 0.6 is 0 Å². The Bertz CT molecular complexity index is 544. The zero-order valence-corrected chi connectivity index (χ0v) is 10.6. The fourth-order valence-electron chi connectivity index (χ4n) is 2.73. The lowest BCUT2D eigenvalue weighted by Gasteiger charge is -2.35. The summed E-state index contributed by atoms with van der Waals surface area (Å²) in [6.45, 7) is 0.970. The first-order valence-electron chi connectivity index (χ1n) is 6.47. The van der Waals surface area contributed by atoms with Crippen molar-refractivity contribution >= 4 is 16.6 Å². The number of rotatable bonds is 3. The molecule has 3 nitrogen and oxygen atoms in total. The number of aliphatic hydroxyl groups excluding tert-OH is 1. The van der Waals surface area contributed by atoms with Gasteiger partial charge in [0.05, 0.1) is 6.10 Å². The van der Waals surface area contributed by atoms with Crippen LogP contribution in [0.15, 0.2) is 36.5 Å². The second kappa shape index (κ2) is 4.58. The number of anilines is 1. The predicted octanol–water partition coefficient (Wildman–Crippen LogP) is 2.44. The number of pyridine rings is 1. The summed E-state index contributed by atoms with van der Waals surface area (Å²) in [5.41, 5.74) is 0. The maximum atomic E-state index is 9.34. The molecule has 0 radical (unpaired) electrons. The zero-order valence-electron chi connectivity index (χ0n) is 10.6. The molecule has 0 bridgehead atoms. The molecule has 0 atom stereocenters. The molecule has 1 aliphatic rings. The highest BCUT2D eigenvalue weighted by Crippen LogP contribution is 2.30. The maximum absolute atomic E-state index is 9.34. The second-order valence-electron chi connectivity index (χ2n) is 5.23. The summed E-state index contributed by atoms with van der Waals surface area (Å²) in [4.78, 5) is 6.71. The molecule has 1 aliphatic carbocycles. The second-order valence-corrected chi connectivity index (χ2v) is 5.23. The third-order valence-corrected chi connectivity index (χ3v) is 3.76. The largest absolute Gasteiger partial charge is 0.393 e. The van der Waals surface area contributed by atoms with Gasteiger partial charge in [-0.2, -0.15) is 0 Å². The minimum atomic E-state index is -0.0797. The number of hydrogen-bond acceptors (Lipinski definition) is 3. The van der Waals surface area contributed by atoms with Crippen LogP contribution in [-0.2, 0) is 0 Å². The minimum Gasteiger partial charge on any atom is -0.393 e. The van der Waals surface area contributed by atoms with Crippen LogP contribution in [0.3, 0.4) is 0 Å². The van der Waals surface area contributed by atoms with E-state index < -0.39 is 0 Å². The van der Waals surface area contributed by atoms with Gasteiger partial charge in [-0.25, -0.2) is 4.98 Å². The Labute approximate surface area is 107 Å². The van der Waals surface area contributed by atoms with E-state index in [2.05, 4.69) is 41.2 Å². The van der Waals surface area contributed by atoms with Crippen LogP contribution in [0.4, 0.5) is 5.82 Å². The molecule has 1 saturated carbocycles. The molecular weight excluding hydrogens is 224 g/mol. The molecule has 0 saturated heterocycles. The van der Waals surface area contributed by atoms with Gasteiger partial charge in [0.25, 0.3) is 0 Å². The third kappa shape index (κ3) is 2.06. The monoisotopic (exact) mass is 242 g/mol. The van der Waals surface area contributed by atoms with Crippen molar-refractivity contribution in [1.82, 2.24) is 4.98 Å². The van der Waals surface area contributed by atoms with Gasteiger partial charge in [-0.05, 0) is 30.2 Å². The molecule has 0 spiro atoms. The zero-order chi connectivity index (χ0) is 12.5. The first-order chi connectivity index (χ1) is 8.74. The SMILES string of the molecule is CN(CC1CC(O)C1)c1nccc2ccccc12. The Hall–Kier alpha value is -1.61. The van der Waals surface area contributed by atoms with E-state index >= 15 is 0 Å². The molecule has 1 heterocycles. The molecule has 1 fully saturated rings. The lowest BCUT2D eigenvalue weighted by molar-refractivity contribution is 0.0464. The van der Waals surface area contributed by atoms with Crippen molar-refractivity contribution in [2.45, 2.75) is 18.9 Å². The molecule has 1 N–H and O–H groups in total. The van der Waals surface area contributed by atoms with Gasteiger partial charge < -0.3 is 10.0 Å². The van der Waals surface area contributed by atoms with E-state index in [0.717, 1.165) is 25.2 Å². The Balaban J connectivity index is 1.84. The molecule has 94 valence electrons. The van der Waals surface area contributed by atoms with Gasteiger partial charge in [0.15, 0.2) is 0 Å². The number of benzene rings is 1. The van der Waals surface area contributed by atoms with Crippen molar-refractivity contribution in [3.8, 4) is 0 Å². The van der Waals surface area contributed by atoms with Gasteiger partial charge in [0, 0.05) is 25.2 Å². The average molecular weight is 242 g/mol. The summed E-state index contributed by atoms with van der Waals surface area (Å²) in [5.74, 6) is 1.64. The standard InChI is InChI=1S/C15H18N2O/c1-17(10-11-8-13(18)9-11)15-14-5-3-2-4-12(14)6-7-16-15/h2-7,11,13,18H,8-10H2,1H3. The molecule has 0 aliphatic heterocycles. The highest BCUT2D eigenvalue weighted by Gasteiger charge is 2.28. The van der Waals surface area contributed by atoms with E-state index in [9.17, 15) is 5.11 Å². The van der Waals surface area contributed by atoms with E-state index in [1.165, 1.54) is 10.8 Å². The van der Waals surface area contributed by atoms with E-state index in [1.54, 1.807) is 0 Å². The van der Waals surface area contributed by atoms with Crippen LogP contribution in [0.5, 0.6) is 0 Å². The van der Waals surface area contributed by atoms with Crippen LogP contribution in [0.25, 0.3) is 10.8 Å². The summed E-state index contributed by atoms with van der Waals surface area (Å²) in [7, 11) is 2.08. The smallest absolute Gasteiger partial charge is 0.136 e. The fourth-order valence-corrected chi connectivity index (χ4v) is 2.73. The molecular formula is C15H18N2O. The van der Waals surface area contributed by atoms with E-state index in [-0.39, 0.29) is 6.10 Å². The van der Waals surface area contributed by atoms with Gasteiger partial charge >= 0.3 is 0 Å². The molecule has 3 rings (SSSR count). The normalized spacial score (nSPS) is 22.8. The van der Waals surface area contributed by atoms with E-state index in [1.807, 2.05) is 12.3 Å². The first kappa shape index (κ1) is 11.5. The highest BCUT2D eigenvalue weighted by molar-refractivity contribution is 5.91. The van der Waals surface area contributed by atoms with Crippen LogP contribution in [0.1, 0.15) is 12.8 Å². The van der Waals surface area contributed by atoms with E-state index in [0.29, 0.717) is 5.92 Å². The molecule has 0 unspecified atom stereocenters. The molecule has 0 amide bonds. The third-order valence-electron chi connectivity index (χ3n) is 3.76. The lowest BCUT2D eigenvalue weighted by atomic mass is 9.82. The summed E-state index contributed by atoms with van der Waals surface area (Å²) in [6, 6.07) is 10.4. The van der Waals surface area contributed by atoms with Crippen LogP contribution in [0.2, 0.25) is 0 Å². The number of nitrogens with zero attached hydrogens (tertiary/aromatic N) is 2. The Morgan fingerprint density at radius 3 is 2.83 bits per heavy atom. The van der Waals surface area contributed by atoms with Gasteiger partial charge in [-0.1, -0.05) is 24.3 Å². The highest BCUT2D eigenvalue weighted by atomic mass is 16.3. The Kier molecular flexibility index (Phi) is 2.92.